The van der Waals surface area contributed by atoms with Gasteiger partial charge >= 0.3 is 0 Å². The van der Waals surface area contributed by atoms with Crippen LogP contribution in [0.2, 0.25) is 0 Å². The van der Waals surface area contributed by atoms with Crippen LogP contribution in [0.25, 0.3) is 0 Å². The number of carbonyl (C=O) groups is 1. The van der Waals surface area contributed by atoms with E-state index in [9.17, 15) is 10.1 Å². The van der Waals surface area contributed by atoms with E-state index in [1.54, 1.807) is 11.9 Å². The highest BCUT2D eigenvalue weighted by Crippen LogP contribution is 2.31. The van der Waals surface area contributed by atoms with Gasteiger partial charge in [-0.15, -0.1) is 0 Å². The Balaban J connectivity index is 2.90. The number of hydrogen-bond donors (Lipinski definition) is 0. The quantitative estimate of drug-likeness (QED) is 0.758. The summed E-state index contributed by atoms with van der Waals surface area (Å²) in [5.41, 5.74) is 1.43. The Morgan fingerprint density at radius 3 is 2.38 bits per heavy atom. The molecule has 0 heterocycles. The Hall–Kier alpha value is -1.82. The van der Waals surface area contributed by atoms with E-state index in [1.165, 1.54) is 5.56 Å². The molecule has 3 nitrogen and oxygen atoms in total. The predicted molar refractivity (Wildman–Crippen MR) is 85.5 cm³/mol. The maximum Gasteiger partial charge on any atom is 0.243 e. The van der Waals surface area contributed by atoms with Gasteiger partial charge in [0, 0.05) is 13.6 Å². The largest absolute Gasteiger partial charge is 0.340 e. The third kappa shape index (κ3) is 4.32. The van der Waals surface area contributed by atoms with Crippen LogP contribution in [0.4, 0.5) is 0 Å². The van der Waals surface area contributed by atoms with Crippen LogP contribution in [0.15, 0.2) is 24.3 Å². The molecule has 0 saturated heterocycles. The van der Waals surface area contributed by atoms with Crippen LogP contribution in [0.3, 0.4) is 0 Å². The number of aryl methyl sites for hydroxylation is 1. The topological polar surface area (TPSA) is 44.1 Å². The first-order valence-electron chi connectivity index (χ1n) is 7.71. The average Bonchev–Trinajstić information content (AvgIpc) is 2.46. The number of nitrogens with zero attached hydrogens (tertiary/aromatic N) is 2. The molecular weight excluding hydrogens is 260 g/mol. The molecule has 0 saturated carbocycles. The van der Waals surface area contributed by atoms with Gasteiger partial charge in [-0.25, -0.2) is 0 Å². The molecular formula is C18H26N2O. The normalized spacial score (nSPS) is 11.0. The zero-order chi connectivity index (χ0) is 15.9. The van der Waals surface area contributed by atoms with E-state index < -0.39 is 5.41 Å². The molecule has 1 amide bonds. The summed E-state index contributed by atoms with van der Waals surface area (Å²) in [6.45, 7) is 6.64. The summed E-state index contributed by atoms with van der Waals surface area (Å²) >= 11 is 0. The highest BCUT2D eigenvalue weighted by molar-refractivity contribution is 5.85. The lowest BCUT2D eigenvalue weighted by Crippen LogP contribution is -2.41. The standard InChI is InChI=1S/C18H26N2O/c1-5-10-18(14-19,11-6-2)17(21)20(4)13-16-9-7-8-15(3)12-16/h7-9,12H,5-6,10-11,13H2,1-4H3. The van der Waals surface area contributed by atoms with E-state index in [0.717, 1.165) is 18.4 Å². The number of nitriles is 1. The molecule has 21 heavy (non-hydrogen) atoms. The summed E-state index contributed by atoms with van der Waals surface area (Å²) in [5, 5.41) is 9.57. The minimum atomic E-state index is -0.859. The monoisotopic (exact) mass is 286 g/mol. The first-order valence-corrected chi connectivity index (χ1v) is 7.71. The van der Waals surface area contributed by atoms with Gasteiger partial charge in [-0.2, -0.15) is 5.26 Å². The van der Waals surface area contributed by atoms with Crippen LogP contribution in [0.5, 0.6) is 0 Å². The predicted octanol–water partition coefficient (Wildman–Crippen LogP) is 4.06. The highest BCUT2D eigenvalue weighted by atomic mass is 16.2. The number of rotatable bonds is 7. The molecule has 0 atom stereocenters. The van der Waals surface area contributed by atoms with Crippen molar-refractivity contribution in [2.24, 2.45) is 5.41 Å². The van der Waals surface area contributed by atoms with Crippen LogP contribution in [0.1, 0.15) is 50.7 Å². The lowest BCUT2D eigenvalue weighted by atomic mass is 9.79. The van der Waals surface area contributed by atoms with Crippen LogP contribution >= 0.6 is 0 Å². The molecule has 0 spiro atoms. The van der Waals surface area contributed by atoms with Crippen LogP contribution in [-0.2, 0) is 11.3 Å². The molecule has 0 bridgehead atoms. The van der Waals surface area contributed by atoms with Crippen LogP contribution in [-0.4, -0.2) is 17.9 Å². The van der Waals surface area contributed by atoms with E-state index in [2.05, 4.69) is 12.1 Å². The molecule has 0 fully saturated rings. The van der Waals surface area contributed by atoms with Gasteiger partial charge in [-0.3, -0.25) is 4.79 Å². The highest BCUT2D eigenvalue weighted by Gasteiger charge is 2.38. The van der Waals surface area contributed by atoms with E-state index in [1.807, 2.05) is 39.0 Å². The smallest absolute Gasteiger partial charge is 0.243 e. The Labute approximate surface area is 128 Å². The molecule has 0 unspecified atom stereocenters. The molecule has 0 radical (unpaired) electrons. The first-order chi connectivity index (χ1) is 9.99. The van der Waals surface area contributed by atoms with Gasteiger partial charge in [0.25, 0.3) is 0 Å². The molecule has 0 N–H and O–H groups in total. The van der Waals surface area contributed by atoms with Crippen molar-refractivity contribution in [1.29, 1.82) is 5.26 Å². The van der Waals surface area contributed by atoms with Crippen molar-refractivity contribution in [3.8, 4) is 6.07 Å². The third-order valence-electron chi connectivity index (χ3n) is 3.83. The van der Waals surface area contributed by atoms with Crippen LogP contribution in [0, 0.1) is 23.7 Å². The SMILES string of the molecule is CCCC(C#N)(CCC)C(=O)N(C)Cc1cccc(C)c1. The van der Waals surface area contributed by atoms with Gasteiger partial charge in [0.2, 0.25) is 5.91 Å². The molecule has 0 aliphatic carbocycles. The molecule has 3 heteroatoms. The van der Waals surface area contributed by atoms with Gasteiger partial charge in [0.15, 0.2) is 0 Å². The first kappa shape index (κ1) is 17.2. The number of hydrogen-bond acceptors (Lipinski definition) is 2. The van der Waals surface area contributed by atoms with Gasteiger partial charge < -0.3 is 4.90 Å². The Bertz CT molecular complexity index is 510. The zero-order valence-corrected chi connectivity index (χ0v) is 13.6. The Morgan fingerprint density at radius 2 is 1.90 bits per heavy atom. The van der Waals surface area contributed by atoms with Crippen molar-refractivity contribution in [2.45, 2.75) is 53.0 Å². The van der Waals surface area contributed by atoms with Crippen molar-refractivity contribution in [3.05, 3.63) is 35.4 Å². The second kappa shape index (κ2) is 7.83. The molecule has 1 aromatic carbocycles. The lowest BCUT2D eigenvalue weighted by molar-refractivity contribution is -0.139. The minimum Gasteiger partial charge on any atom is -0.340 e. The van der Waals surface area contributed by atoms with E-state index in [0.29, 0.717) is 19.4 Å². The zero-order valence-electron chi connectivity index (χ0n) is 13.6. The van der Waals surface area contributed by atoms with E-state index in [-0.39, 0.29) is 5.91 Å². The van der Waals surface area contributed by atoms with Crippen molar-refractivity contribution < 1.29 is 4.79 Å². The molecule has 0 aliphatic heterocycles. The number of benzene rings is 1. The van der Waals surface area contributed by atoms with Gasteiger partial charge in [-0.1, -0.05) is 56.5 Å². The fourth-order valence-electron chi connectivity index (χ4n) is 2.87. The second-order valence-electron chi connectivity index (χ2n) is 5.84. The minimum absolute atomic E-state index is 0.0461. The molecule has 0 aliphatic rings. The summed E-state index contributed by atoms with van der Waals surface area (Å²) in [4.78, 5) is 14.5. The van der Waals surface area contributed by atoms with Crippen molar-refractivity contribution in [2.75, 3.05) is 7.05 Å². The van der Waals surface area contributed by atoms with E-state index in [4.69, 9.17) is 0 Å². The van der Waals surface area contributed by atoms with Crippen LogP contribution < -0.4 is 0 Å². The van der Waals surface area contributed by atoms with Crippen molar-refractivity contribution >= 4 is 5.91 Å². The fourth-order valence-corrected chi connectivity index (χ4v) is 2.87. The van der Waals surface area contributed by atoms with Crippen molar-refractivity contribution in [1.82, 2.24) is 4.90 Å². The molecule has 0 aromatic heterocycles. The Kier molecular flexibility index (Phi) is 6.42. The average molecular weight is 286 g/mol. The van der Waals surface area contributed by atoms with E-state index >= 15 is 0 Å². The summed E-state index contributed by atoms with van der Waals surface area (Å²) < 4.78 is 0. The fraction of sp³-hybridized carbons (Fsp3) is 0.556. The summed E-state index contributed by atoms with van der Waals surface area (Å²) in [6.07, 6.45) is 2.96. The van der Waals surface area contributed by atoms with Gasteiger partial charge in [-0.05, 0) is 25.3 Å². The summed E-state index contributed by atoms with van der Waals surface area (Å²) in [7, 11) is 1.79. The molecule has 114 valence electrons. The number of carbonyl (C=O) groups excluding carboxylic acids is 1. The third-order valence-corrected chi connectivity index (χ3v) is 3.83. The maximum absolute atomic E-state index is 12.8. The molecule has 1 aromatic rings. The number of amides is 1. The Morgan fingerprint density at radius 1 is 1.29 bits per heavy atom. The second-order valence-corrected chi connectivity index (χ2v) is 5.84. The van der Waals surface area contributed by atoms with Gasteiger partial charge in [0.1, 0.15) is 5.41 Å². The molecule has 1 rings (SSSR count). The van der Waals surface area contributed by atoms with Gasteiger partial charge in [0.05, 0.1) is 6.07 Å². The lowest BCUT2D eigenvalue weighted by Gasteiger charge is -2.30. The maximum atomic E-state index is 12.8. The summed E-state index contributed by atoms with van der Waals surface area (Å²) in [5.74, 6) is -0.0461. The van der Waals surface area contributed by atoms with Crippen molar-refractivity contribution in [3.63, 3.8) is 0 Å². The summed E-state index contributed by atoms with van der Waals surface area (Å²) in [6, 6.07) is 10.4.